The Balaban J connectivity index is 2.37. The van der Waals surface area contributed by atoms with Crippen LogP contribution in [-0.4, -0.2) is 5.78 Å². The van der Waals surface area contributed by atoms with Gasteiger partial charge >= 0.3 is 0 Å². The van der Waals surface area contributed by atoms with Gasteiger partial charge in [0.05, 0.1) is 0 Å². The van der Waals surface area contributed by atoms with Crippen molar-refractivity contribution >= 4 is 5.78 Å². The average molecular weight is 225 g/mol. The lowest BCUT2D eigenvalue weighted by molar-refractivity contribution is 0.0900. The number of nitrogens with two attached hydrogens (primary N) is 1. The molecule has 0 aliphatic carbocycles. The minimum Gasteiger partial charge on any atom is -0.315 e. The third-order valence-corrected chi connectivity index (χ3v) is 2.88. The van der Waals surface area contributed by atoms with Crippen LogP contribution < -0.4 is 5.73 Å². The molecule has 0 fully saturated rings. The number of ketones is 1. The maximum absolute atomic E-state index is 12.3. The zero-order valence-electron chi connectivity index (χ0n) is 9.76. The van der Waals surface area contributed by atoms with Crippen LogP contribution in [0.15, 0.2) is 60.7 Å². The fourth-order valence-electron chi connectivity index (χ4n) is 1.80. The third kappa shape index (κ3) is 2.27. The highest BCUT2D eigenvalue weighted by Gasteiger charge is 2.30. The summed E-state index contributed by atoms with van der Waals surface area (Å²) in [5.41, 5.74) is 6.65. The van der Waals surface area contributed by atoms with E-state index in [0.717, 1.165) is 5.56 Å². The Bertz CT molecular complexity index is 503. The molecule has 2 aromatic carbocycles. The summed E-state index contributed by atoms with van der Waals surface area (Å²) in [5.74, 6) is -0.0655. The minimum absolute atomic E-state index is 0.0655. The van der Waals surface area contributed by atoms with Gasteiger partial charge in [-0.2, -0.15) is 0 Å². The number of hydrogen-bond acceptors (Lipinski definition) is 2. The highest BCUT2D eigenvalue weighted by Crippen LogP contribution is 2.22. The molecule has 1 unspecified atom stereocenters. The zero-order chi connectivity index (χ0) is 12.3. The summed E-state index contributed by atoms with van der Waals surface area (Å²) < 4.78 is 0. The van der Waals surface area contributed by atoms with Gasteiger partial charge in [0.2, 0.25) is 0 Å². The number of Topliss-reactive ketones (excluding diaryl/α,β-unsaturated/α-hetero) is 1. The zero-order valence-corrected chi connectivity index (χ0v) is 9.76. The summed E-state index contributed by atoms with van der Waals surface area (Å²) in [5, 5.41) is 0. The van der Waals surface area contributed by atoms with Gasteiger partial charge in [0.25, 0.3) is 0 Å². The molecule has 0 amide bonds. The van der Waals surface area contributed by atoms with Gasteiger partial charge in [-0.1, -0.05) is 60.7 Å². The molecule has 0 aromatic heterocycles. The van der Waals surface area contributed by atoms with Crippen LogP contribution in [-0.2, 0) is 5.54 Å². The molecular weight excluding hydrogens is 210 g/mol. The van der Waals surface area contributed by atoms with Crippen molar-refractivity contribution in [3.63, 3.8) is 0 Å². The molecular formula is C15H15NO. The van der Waals surface area contributed by atoms with Gasteiger partial charge < -0.3 is 5.73 Å². The topological polar surface area (TPSA) is 43.1 Å². The standard InChI is InChI=1S/C15H15NO/c1-15(16,13-10-6-3-7-11-13)14(17)12-8-4-2-5-9-12/h2-11H,16H2,1H3. The van der Waals surface area contributed by atoms with Crippen LogP contribution in [0.4, 0.5) is 0 Å². The van der Waals surface area contributed by atoms with Gasteiger partial charge in [-0.05, 0) is 12.5 Å². The van der Waals surface area contributed by atoms with Gasteiger partial charge in [0, 0.05) is 5.56 Å². The molecule has 0 aliphatic rings. The van der Waals surface area contributed by atoms with E-state index in [9.17, 15) is 4.79 Å². The minimum atomic E-state index is -0.984. The van der Waals surface area contributed by atoms with E-state index in [1.807, 2.05) is 48.5 Å². The van der Waals surface area contributed by atoms with E-state index in [4.69, 9.17) is 5.73 Å². The molecule has 17 heavy (non-hydrogen) atoms. The number of benzene rings is 2. The van der Waals surface area contributed by atoms with Crippen LogP contribution in [0.3, 0.4) is 0 Å². The molecule has 2 aromatic rings. The summed E-state index contributed by atoms with van der Waals surface area (Å²) in [6.45, 7) is 1.75. The predicted molar refractivity (Wildman–Crippen MR) is 68.8 cm³/mol. The first-order valence-electron chi connectivity index (χ1n) is 5.56. The van der Waals surface area contributed by atoms with Crippen LogP contribution in [0, 0.1) is 0 Å². The van der Waals surface area contributed by atoms with E-state index in [-0.39, 0.29) is 5.78 Å². The van der Waals surface area contributed by atoms with Crippen molar-refractivity contribution in [2.24, 2.45) is 5.73 Å². The lowest BCUT2D eigenvalue weighted by atomic mass is 9.85. The second-order valence-corrected chi connectivity index (χ2v) is 4.26. The monoisotopic (exact) mass is 225 g/mol. The van der Waals surface area contributed by atoms with Gasteiger partial charge in [-0.15, -0.1) is 0 Å². The first-order valence-corrected chi connectivity index (χ1v) is 5.56. The van der Waals surface area contributed by atoms with Gasteiger partial charge in [0.15, 0.2) is 5.78 Å². The molecule has 2 heteroatoms. The number of rotatable bonds is 3. The van der Waals surface area contributed by atoms with Gasteiger partial charge in [-0.3, -0.25) is 4.79 Å². The number of carbonyl (C=O) groups excluding carboxylic acids is 1. The number of hydrogen-bond donors (Lipinski definition) is 1. The molecule has 86 valence electrons. The normalized spacial score (nSPS) is 14.0. The van der Waals surface area contributed by atoms with Crippen LogP contribution in [0.25, 0.3) is 0 Å². The molecule has 0 bridgehead atoms. The van der Waals surface area contributed by atoms with Crippen LogP contribution in [0.2, 0.25) is 0 Å². The van der Waals surface area contributed by atoms with Crippen molar-refractivity contribution in [2.75, 3.05) is 0 Å². The fraction of sp³-hybridized carbons (Fsp3) is 0.133. The number of carbonyl (C=O) groups is 1. The lowest BCUT2D eigenvalue weighted by Crippen LogP contribution is -2.41. The molecule has 0 spiro atoms. The van der Waals surface area contributed by atoms with Gasteiger partial charge in [-0.25, -0.2) is 0 Å². The van der Waals surface area contributed by atoms with E-state index in [1.165, 1.54) is 0 Å². The molecule has 0 radical (unpaired) electrons. The van der Waals surface area contributed by atoms with Crippen molar-refractivity contribution in [3.05, 3.63) is 71.8 Å². The largest absolute Gasteiger partial charge is 0.315 e. The Kier molecular flexibility index (Phi) is 3.07. The van der Waals surface area contributed by atoms with Crippen molar-refractivity contribution in [1.29, 1.82) is 0 Å². The third-order valence-electron chi connectivity index (χ3n) is 2.88. The quantitative estimate of drug-likeness (QED) is 0.816. The molecule has 2 nitrogen and oxygen atoms in total. The summed E-state index contributed by atoms with van der Waals surface area (Å²) >= 11 is 0. The van der Waals surface area contributed by atoms with Gasteiger partial charge in [0.1, 0.15) is 5.54 Å². The second kappa shape index (κ2) is 4.52. The highest BCUT2D eigenvalue weighted by atomic mass is 16.1. The van der Waals surface area contributed by atoms with Crippen molar-refractivity contribution < 1.29 is 4.79 Å². The summed E-state index contributed by atoms with van der Waals surface area (Å²) in [7, 11) is 0. The lowest BCUT2D eigenvalue weighted by Gasteiger charge is -2.23. The van der Waals surface area contributed by atoms with E-state index >= 15 is 0 Å². The van der Waals surface area contributed by atoms with E-state index in [0.29, 0.717) is 5.56 Å². The second-order valence-electron chi connectivity index (χ2n) is 4.26. The Morgan fingerprint density at radius 3 is 1.94 bits per heavy atom. The highest BCUT2D eigenvalue weighted by molar-refractivity contribution is 6.03. The van der Waals surface area contributed by atoms with Crippen LogP contribution >= 0.6 is 0 Å². The Morgan fingerprint density at radius 2 is 1.41 bits per heavy atom. The van der Waals surface area contributed by atoms with Crippen molar-refractivity contribution in [1.82, 2.24) is 0 Å². The molecule has 0 aliphatic heterocycles. The Morgan fingerprint density at radius 1 is 0.941 bits per heavy atom. The van der Waals surface area contributed by atoms with Crippen molar-refractivity contribution in [3.8, 4) is 0 Å². The Labute approximate surface area is 101 Å². The van der Waals surface area contributed by atoms with Crippen LogP contribution in [0.1, 0.15) is 22.8 Å². The maximum atomic E-state index is 12.3. The van der Waals surface area contributed by atoms with E-state index in [1.54, 1.807) is 19.1 Å². The molecule has 0 heterocycles. The maximum Gasteiger partial charge on any atom is 0.186 e. The molecule has 1 atom stereocenters. The first-order chi connectivity index (χ1) is 8.12. The molecule has 0 saturated carbocycles. The molecule has 0 saturated heterocycles. The average Bonchev–Trinajstić information content (AvgIpc) is 2.40. The summed E-state index contributed by atoms with van der Waals surface area (Å²) in [6, 6.07) is 18.6. The summed E-state index contributed by atoms with van der Waals surface area (Å²) in [6.07, 6.45) is 0. The Hall–Kier alpha value is -1.93. The predicted octanol–water partition coefficient (Wildman–Crippen LogP) is 2.74. The van der Waals surface area contributed by atoms with Crippen LogP contribution in [0.5, 0.6) is 0 Å². The molecule has 2 N–H and O–H groups in total. The summed E-state index contributed by atoms with van der Waals surface area (Å²) in [4.78, 5) is 12.3. The van der Waals surface area contributed by atoms with E-state index in [2.05, 4.69) is 0 Å². The SMILES string of the molecule is CC(N)(C(=O)c1ccccc1)c1ccccc1. The fourth-order valence-corrected chi connectivity index (χ4v) is 1.80. The van der Waals surface area contributed by atoms with E-state index < -0.39 is 5.54 Å². The first kappa shape index (κ1) is 11.6. The molecule has 2 rings (SSSR count). The smallest absolute Gasteiger partial charge is 0.186 e. The van der Waals surface area contributed by atoms with Crippen molar-refractivity contribution in [2.45, 2.75) is 12.5 Å².